The van der Waals surface area contributed by atoms with Gasteiger partial charge in [-0.05, 0) is 48.7 Å². The van der Waals surface area contributed by atoms with E-state index in [-0.39, 0.29) is 11.9 Å². The highest BCUT2D eigenvalue weighted by Crippen LogP contribution is 2.38. The van der Waals surface area contributed by atoms with Crippen molar-refractivity contribution in [2.45, 2.75) is 25.3 Å². The van der Waals surface area contributed by atoms with Gasteiger partial charge in [0.2, 0.25) is 0 Å². The molecule has 2 aromatic carbocycles. The summed E-state index contributed by atoms with van der Waals surface area (Å²) in [5.74, 6) is 0.966. The van der Waals surface area contributed by atoms with Gasteiger partial charge in [-0.3, -0.25) is 4.79 Å². The van der Waals surface area contributed by atoms with E-state index in [4.69, 9.17) is 9.47 Å². The largest absolute Gasteiger partial charge is 0.490 e. The van der Waals surface area contributed by atoms with Crippen molar-refractivity contribution in [1.29, 1.82) is 0 Å². The molecule has 1 atom stereocenters. The lowest BCUT2D eigenvalue weighted by Gasteiger charge is -2.26. The molecular formula is C20H20FNO3. The third-order valence-corrected chi connectivity index (χ3v) is 4.74. The van der Waals surface area contributed by atoms with Gasteiger partial charge in [0.1, 0.15) is 5.82 Å². The predicted octanol–water partition coefficient (Wildman–Crippen LogP) is 3.96. The fourth-order valence-electron chi connectivity index (χ4n) is 3.53. The van der Waals surface area contributed by atoms with E-state index in [0.717, 1.165) is 36.3 Å². The number of fused-ring (bicyclic) bond motifs is 1. The van der Waals surface area contributed by atoms with Crippen molar-refractivity contribution in [2.75, 3.05) is 19.8 Å². The molecular weight excluding hydrogens is 321 g/mol. The van der Waals surface area contributed by atoms with Crippen LogP contribution >= 0.6 is 0 Å². The molecule has 5 heteroatoms. The van der Waals surface area contributed by atoms with E-state index in [9.17, 15) is 9.18 Å². The maximum atomic E-state index is 13.5. The number of nitrogens with zero attached hydrogens (tertiary/aromatic N) is 1. The van der Waals surface area contributed by atoms with Gasteiger partial charge in [0.25, 0.3) is 5.91 Å². The highest BCUT2D eigenvalue weighted by atomic mass is 19.1. The van der Waals surface area contributed by atoms with Gasteiger partial charge >= 0.3 is 0 Å². The maximum Gasteiger partial charge on any atom is 0.254 e. The molecule has 130 valence electrons. The molecule has 0 saturated carbocycles. The van der Waals surface area contributed by atoms with Crippen molar-refractivity contribution >= 4 is 5.91 Å². The lowest BCUT2D eigenvalue weighted by atomic mass is 10.0. The monoisotopic (exact) mass is 341 g/mol. The molecule has 1 amide bonds. The second-order valence-corrected chi connectivity index (χ2v) is 6.42. The Hall–Kier alpha value is -2.56. The van der Waals surface area contributed by atoms with Crippen LogP contribution in [0.3, 0.4) is 0 Å². The summed E-state index contributed by atoms with van der Waals surface area (Å²) in [6, 6.07) is 11.7. The highest BCUT2D eigenvalue weighted by Gasteiger charge is 2.31. The first-order chi connectivity index (χ1) is 12.2. The molecule has 0 aromatic heterocycles. The van der Waals surface area contributed by atoms with Gasteiger partial charge in [-0.25, -0.2) is 4.39 Å². The zero-order valence-electron chi connectivity index (χ0n) is 13.9. The predicted molar refractivity (Wildman–Crippen MR) is 91.5 cm³/mol. The van der Waals surface area contributed by atoms with Crippen LogP contribution < -0.4 is 9.47 Å². The number of carbonyl (C=O) groups is 1. The zero-order valence-corrected chi connectivity index (χ0v) is 13.9. The molecule has 0 N–H and O–H groups in total. The summed E-state index contributed by atoms with van der Waals surface area (Å²) in [5, 5.41) is 0. The zero-order chi connectivity index (χ0) is 17.2. The van der Waals surface area contributed by atoms with E-state index in [2.05, 4.69) is 0 Å². The van der Waals surface area contributed by atoms with Gasteiger partial charge in [0, 0.05) is 18.5 Å². The molecule has 2 aromatic rings. The smallest absolute Gasteiger partial charge is 0.254 e. The Morgan fingerprint density at radius 2 is 1.88 bits per heavy atom. The Balaban J connectivity index is 1.61. The Morgan fingerprint density at radius 1 is 1.04 bits per heavy atom. The molecule has 1 fully saturated rings. The van der Waals surface area contributed by atoms with E-state index in [1.54, 1.807) is 12.1 Å². The summed E-state index contributed by atoms with van der Waals surface area (Å²) < 4.78 is 24.9. The van der Waals surface area contributed by atoms with Crippen LogP contribution in [0.4, 0.5) is 4.39 Å². The summed E-state index contributed by atoms with van der Waals surface area (Å²) in [5.41, 5.74) is 1.42. The Kier molecular flexibility index (Phi) is 4.30. The minimum atomic E-state index is -0.392. The topological polar surface area (TPSA) is 38.8 Å². The second kappa shape index (κ2) is 6.75. The number of rotatable bonds is 2. The van der Waals surface area contributed by atoms with Gasteiger partial charge < -0.3 is 14.4 Å². The molecule has 1 saturated heterocycles. The van der Waals surface area contributed by atoms with Gasteiger partial charge in [0.05, 0.1) is 19.3 Å². The number of amides is 1. The van der Waals surface area contributed by atoms with Gasteiger partial charge in [-0.2, -0.15) is 0 Å². The number of carbonyl (C=O) groups excluding carboxylic acids is 1. The number of ether oxygens (including phenoxy) is 2. The van der Waals surface area contributed by atoms with Crippen molar-refractivity contribution in [2.24, 2.45) is 0 Å². The van der Waals surface area contributed by atoms with E-state index in [0.29, 0.717) is 25.3 Å². The van der Waals surface area contributed by atoms with Crippen molar-refractivity contribution in [3.63, 3.8) is 0 Å². The number of hydrogen-bond donors (Lipinski definition) is 0. The van der Waals surface area contributed by atoms with Crippen molar-refractivity contribution in [3.05, 3.63) is 59.4 Å². The van der Waals surface area contributed by atoms with Crippen LogP contribution in [0.2, 0.25) is 0 Å². The van der Waals surface area contributed by atoms with Crippen molar-refractivity contribution < 1.29 is 18.7 Å². The first-order valence-electron chi connectivity index (χ1n) is 8.68. The molecule has 0 unspecified atom stereocenters. The fourth-order valence-corrected chi connectivity index (χ4v) is 3.53. The summed E-state index contributed by atoms with van der Waals surface area (Å²) in [6.07, 6.45) is 2.68. The summed E-state index contributed by atoms with van der Waals surface area (Å²) in [7, 11) is 0. The average molecular weight is 341 g/mol. The average Bonchev–Trinajstić information content (AvgIpc) is 2.99. The molecule has 2 aliphatic heterocycles. The van der Waals surface area contributed by atoms with Crippen LogP contribution in [0.1, 0.15) is 41.2 Å². The Bertz CT molecular complexity index is 792. The maximum absolute atomic E-state index is 13.5. The second-order valence-electron chi connectivity index (χ2n) is 6.42. The van der Waals surface area contributed by atoms with E-state index >= 15 is 0 Å². The number of benzene rings is 2. The number of halogens is 1. The van der Waals surface area contributed by atoms with Gasteiger partial charge in [-0.15, -0.1) is 0 Å². The molecule has 25 heavy (non-hydrogen) atoms. The normalized spacial score (nSPS) is 19.6. The third kappa shape index (κ3) is 3.18. The Morgan fingerprint density at radius 3 is 2.72 bits per heavy atom. The molecule has 2 aliphatic rings. The minimum Gasteiger partial charge on any atom is -0.490 e. The molecule has 0 aliphatic carbocycles. The van der Waals surface area contributed by atoms with Crippen LogP contribution in [-0.2, 0) is 0 Å². The van der Waals surface area contributed by atoms with Crippen LogP contribution in [0.25, 0.3) is 0 Å². The summed E-state index contributed by atoms with van der Waals surface area (Å²) in [6.45, 7) is 1.96. The highest BCUT2D eigenvalue weighted by molar-refractivity contribution is 5.94. The van der Waals surface area contributed by atoms with Gasteiger partial charge in [-0.1, -0.05) is 12.1 Å². The SMILES string of the molecule is O=C(c1cccc(F)c1)N1CCC[C@H]1c1ccc2c(c1)OCCCO2. The van der Waals surface area contributed by atoms with Crippen LogP contribution in [0.15, 0.2) is 42.5 Å². The lowest BCUT2D eigenvalue weighted by Crippen LogP contribution is -2.30. The minimum absolute atomic E-state index is 0.0204. The molecule has 4 rings (SSSR count). The molecule has 0 spiro atoms. The van der Waals surface area contributed by atoms with Crippen LogP contribution in [0.5, 0.6) is 11.5 Å². The van der Waals surface area contributed by atoms with Gasteiger partial charge in [0.15, 0.2) is 11.5 Å². The van der Waals surface area contributed by atoms with Crippen molar-refractivity contribution in [3.8, 4) is 11.5 Å². The fraction of sp³-hybridized carbons (Fsp3) is 0.350. The molecule has 0 radical (unpaired) electrons. The van der Waals surface area contributed by atoms with Crippen LogP contribution in [-0.4, -0.2) is 30.6 Å². The lowest BCUT2D eigenvalue weighted by molar-refractivity contribution is 0.0735. The first-order valence-corrected chi connectivity index (χ1v) is 8.68. The van der Waals surface area contributed by atoms with Crippen molar-refractivity contribution in [1.82, 2.24) is 4.90 Å². The standard InChI is InChI=1S/C20H20FNO3/c21-16-5-1-4-15(12-16)20(23)22-9-2-6-17(22)14-7-8-18-19(13-14)25-11-3-10-24-18/h1,4-5,7-8,12-13,17H,2-3,6,9-11H2/t17-/m0/s1. The summed E-state index contributed by atoms with van der Waals surface area (Å²) >= 11 is 0. The summed E-state index contributed by atoms with van der Waals surface area (Å²) in [4.78, 5) is 14.7. The first kappa shape index (κ1) is 15.9. The molecule has 2 heterocycles. The number of likely N-dealkylation sites (tertiary alicyclic amines) is 1. The quantitative estimate of drug-likeness (QED) is 0.830. The molecule has 4 nitrogen and oxygen atoms in total. The van der Waals surface area contributed by atoms with E-state index < -0.39 is 5.82 Å². The molecule has 0 bridgehead atoms. The van der Waals surface area contributed by atoms with E-state index in [1.165, 1.54) is 12.1 Å². The Labute approximate surface area is 146 Å². The van der Waals surface area contributed by atoms with Crippen LogP contribution in [0, 0.1) is 5.82 Å². The number of hydrogen-bond acceptors (Lipinski definition) is 3. The third-order valence-electron chi connectivity index (χ3n) is 4.74. The van der Waals surface area contributed by atoms with E-state index in [1.807, 2.05) is 23.1 Å².